The predicted octanol–water partition coefficient (Wildman–Crippen LogP) is 3.49. The van der Waals surface area contributed by atoms with E-state index in [9.17, 15) is 14.4 Å². The Morgan fingerprint density at radius 2 is 1.61 bits per heavy atom. The number of hydrogen-bond donors (Lipinski definition) is 2. The summed E-state index contributed by atoms with van der Waals surface area (Å²) in [6, 6.07) is 12.6. The fourth-order valence-corrected chi connectivity index (χ4v) is 3.81. The summed E-state index contributed by atoms with van der Waals surface area (Å²) < 4.78 is 1.07. The Morgan fingerprint density at radius 1 is 1.00 bits per heavy atom. The number of para-hydroxylation sites is 1. The summed E-state index contributed by atoms with van der Waals surface area (Å²) in [6.07, 6.45) is 0. The van der Waals surface area contributed by atoms with E-state index >= 15 is 0 Å². The second kappa shape index (κ2) is 8.18. The maximum absolute atomic E-state index is 12.9. The molecule has 0 aliphatic rings. The molecule has 8 heteroatoms. The van der Waals surface area contributed by atoms with Gasteiger partial charge in [-0.25, -0.2) is 4.98 Å². The van der Waals surface area contributed by atoms with Gasteiger partial charge in [0.05, 0.1) is 16.8 Å². The molecular weight excluding hydrogens is 376 g/mol. The number of rotatable bonds is 5. The van der Waals surface area contributed by atoms with Crippen LogP contribution in [0.25, 0.3) is 10.2 Å². The van der Waals surface area contributed by atoms with E-state index in [0.29, 0.717) is 23.5 Å². The largest absolute Gasteiger partial charge is 0.335 e. The van der Waals surface area contributed by atoms with Gasteiger partial charge >= 0.3 is 0 Å². The first-order chi connectivity index (χ1) is 13.3. The zero-order valence-corrected chi connectivity index (χ0v) is 16.6. The van der Waals surface area contributed by atoms with E-state index < -0.39 is 0 Å². The van der Waals surface area contributed by atoms with E-state index in [1.165, 1.54) is 13.8 Å². The van der Waals surface area contributed by atoms with Gasteiger partial charge in [-0.05, 0) is 30.3 Å². The SMILES string of the molecule is CC(=O)Nc1cc(NC(C)=O)cc(C(=O)N(C)Cc2nc3ccccc3s2)c1. The Labute approximate surface area is 166 Å². The first-order valence-electron chi connectivity index (χ1n) is 8.62. The van der Waals surface area contributed by atoms with Crippen LogP contribution in [0, 0.1) is 0 Å². The molecule has 3 aromatic rings. The lowest BCUT2D eigenvalue weighted by Gasteiger charge is -2.17. The number of benzene rings is 2. The highest BCUT2D eigenvalue weighted by Gasteiger charge is 2.16. The summed E-state index contributed by atoms with van der Waals surface area (Å²) >= 11 is 1.54. The van der Waals surface area contributed by atoms with Crippen molar-refractivity contribution in [2.75, 3.05) is 17.7 Å². The quantitative estimate of drug-likeness (QED) is 0.691. The van der Waals surface area contributed by atoms with Crippen LogP contribution in [-0.4, -0.2) is 34.7 Å². The van der Waals surface area contributed by atoms with Crippen molar-refractivity contribution in [3.8, 4) is 0 Å². The minimum Gasteiger partial charge on any atom is -0.335 e. The maximum atomic E-state index is 12.9. The molecule has 2 N–H and O–H groups in total. The van der Waals surface area contributed by atoms with Crippen LogP contribution in [-0.2, 0) is 16.1 Å². The zero-order valence-electron chi connectivity index (χ0n) is 15.8. The lowest BCUT2D eigenvalue weighted by Crippen LogP contribution is -2.26. The van der Waals surface area contributed by atoms with Gasteiger partial charge in [0.2, 0.25) is 11.8 Å². The van der Waals surface area contributed by atoms with Gasteiger partial charge in [0.15, 0.2) is 0 Å². The van der Waals surface area contributed by atoms with Gasteiger partial charge in [-0.3, -0.25) is 14.4 Å². The number of nitrogens with zero attached hydrogens (tertiary/aromatic N) is 2. The Morgan fingerprint density at radius 3 is 2.18 bits per heavy atom. The molecule has 3 amide bonds. The molecule has 0 saturated heterocycles. The third-order valence-corrected chi connectivity index (χ3v) is 4.90. The van der Waals surface area contributed by atoms with Crippen molar-refractivity contribution in [3.05, 3.63) is 53.0 Å². The molecule has 0 atom stereocenters. The van der Waals surface area contributed by atoms with Gasteiger partial charge in [0, 0.05) is 37.8 Å². The number of carbonyl (C=O) groups is 3. The van der Waals surface area contributed by atoms with E-state index in [-0.39, 0.29) is 17.7 Å². The van der Waals surface area contributed by atoms with Crippen LogP contribution in [0.3, 0.4) is 0 Å². The van der Waals surface area contributed by atoms with Crippen LogP contribution in [0.2, 0.25) is 0 Å². The van der Waals surface area contributed by atoms with Crippen molar-refractivity contribution in [3.63, 3.8) is 0 Å². The molecule has 0 fully saturated rings. The van der Waals surface area contributed by atoms with Crippen molar-refractivity contribution in [2.45, 2.75) is 20.4 Å². The Bertz CT molecular complexity index is 993. The third kappa shape index (κ3) is 4.72. The molecule has 0 bridgehead atoms. The van der Waals surface area contributed by atoms with Crippen molar-refractivity contribution in [1.82, 2.24) is 9.88 Å². The Kier molecular flexibility index (Phi) is 5.70. The molecule has 0 aliphatic heterocycles. The molecule has 0 saturated carbocycles. The van der Waals surface area contributed by atoms with Crippen LogP contribution in [0.15, 0.2) is 42.5 Å². The van der Waals surface area contributed by atoms with Gasteiger partial charge in [0.1, 0.15) is 5.01 Å². The summed E-state index contributed by atoms with van der Waals surface area (Å²) in [5, 5.41) is 6.13. The fraction of sp³-hybridized carbons (Fsp3) is 0.200. The van der Waals surface area contributed by atoms with Crippen LogP contribution in [0.4, 0.5) is 11.4 Å². The highest BCUT2D eigenvalue weighted by atomic mass is 32.1. The third-order valence-electron chi connectivity index (χ3n) is 3.88. The second-order valence-corrected chi connectivity index (χ2v) is 7.51. The van der Waals surface area contributed by atoms with Crippen LogP contribution < -0.4 is 10.6 Å². The number of hydrogen-bond acceptors (Lipinski definition) is 5. The molecule has 3 rings (SSSR count). The molecule has 0 spiro atoms. The molecule has 1 heterocycles. The van der Waals surface area contributed by atoms with E-state index in [4.69, 9.17) is 0 Å². The first kappa shape index (κ1) is 19.5. The molecule has 7 nitrogen and oxygen atoms in total. The lowest BCUT2D eigenvalue weighted by molar-refractivity contribution is -0.115. The summed E-state index contributed by atoms with van der Waals surface area (Å²) in [4.78, 5) is 41.8. The maximum Gasteiger partial charge on any atom is 0.254 e. The van der Waals surface area contributed by atoms with Crippen LogP contribution in [0.5, 0.6) is 0 Å². The zero-order chi connectivity index (χ0) is 20.3. The number of thiazole rings is 1. The Hall–Kier alpha value is -3.26. The molecular formula is C20H20N4O3S. The molecule has 0 aliphatic carbocycles. The van der Waals surface area contributed by atoms with E-state index in [1.807, 2.05) is 24.3 Å². The van der Waals surface area contributed by atoms with Gasteiger partial charge in [0.25, 0.3) is 5.91 Å². The predicted molar refractivity (Wildman–Crippen MR) is 110 cm³/mol. The van der Waals surface area contributed by atoms with Crippen molar-refractivity contribution < 1.29 is 14.4 Å². The molecule has 2 aromatic carbocycles. The van der Waals surface area contributed by atoms with Gasteiger partial charge in [-0.2, -0.15) is 0 Å². The second-order valence-electron chi connectivity index (χ2n) is 6.40. The fourth-order valence-electron chi connectivity index (χ4n) is 2.78. The number of amides is 3. The topological polar surface area (TPSA) is 91.4 Å². The van der Waals surface area contributed by atoms with Gasteiger partial charge in [-0.15, -0.1) is 11.3 Å². The summed E-state index contributed by atoms with van der Waals surface area (Å²) in [5.74, 6) is -0.763. The first-order valence-corrected chi connectivity index (χ1v) is 9.43. The molecule has 0 unspecified atom stereocenters. The van der Waals surface area contributed by atoms with Crippen molar-refractivity contribution in [2.24, 2.45) is 0 Å². The van der Waals surface area contributed by atoms with Gasteiger partial charge in [-0.1, -0.05) is 12.1 Å². The summed E-state index contributed by atoms with van der Waals surface area (Å²) in [7, 11) is 1.69. The summed E-state index contributed by atoms with van der Waals surface area (Å²) in [6.45, 7) is 3.12. The molecule has 28 heavy (non-hydrogen) atoms. The number of anilines is 2. The molecule has 144 valence electrons. The summed E-state index contributed by atoms with van der Waals surface area (Å²) in [5.41, 5.74) is 2.15. The van der Waals surface area contributed by atoms with Crippen molar-refractivity contribution in [1.29, 1.82) is 0 Å². The monoisotopic (exact) mass is 396 g/mol. The smallest absolute Gasteiger partial charge is 0.254 e. The van der Waals surface area contributed by atoms with Crippen molar-refractivity contribution >= 4 is 50.6 Å². The normalized spacial score (nSPS) is 10.5. The van der Waals surface area contributed by atoms with Crippen LogP contribution >= 0.6 is 11.3 Å². The standard InChI is InChI=1S/C20H20N4O3S/c1-12(25)21-15-8-14(9-16(10-15)22-13(2)26)20(27)24(3)11-19-23-17-6-4-5-7-18(17)28-19/h4-10H,11H2,1-3H3,(H,21,25)(H,22,26). The van der Waals surface area contributed by atoms with E-state index in [1.54, 1.807) is 41.5 Å². The highest BCUT2D eigenvalue weighted by molar-refractivity contribution is 7.18. The minimum atomic E-state index is -0.263. The number of nitrogens with one attached hydrogen (secondary N) is 2. The minimum absolute atomic E-state index is 0.238. The average Bonchev–Trinajstić information content (AvgIpc) is 3.01. The average molecular weight is 396 g/mol. The number of aromatic nitrogens is 1. The highest BCUT2D eigenvalue weighted by Crippen LogP contribution is 2.24. The van der Waals surface area contributed by atoms with Gasteiger partial charge < -0.3 is 15.5 Å². The Balaban J connectivity index is 1.84. The number of fused-ring (bicyclic) bond motifs is 1. The van der Waals surface area contributed by atoms with Crippen LogP contribution in [0.1, 0.15) is 29.2 Å². The lowest BCUT2D eigenvalue weighted by atomic mass is 10.1. The molecule has 0 radical (unpaired) electrons. The number of carbonyl (C=O) groups excluding carboxylic acids is 3. The van der Waals surface area contributed by atoms with E-state index in [2.05, 4.69) is 15.6 Å². The molecule has 1 aromatic heterocycles. The van der Waals surface area contributed by atoms with E-state index in [0.717, 1.165) is 15.2 Å².